The van der Waals surface area contributed by atoms with E-state index in [-0.39, 0.29) is 5.91 Å². The first-order valence-corrected chi connectivity index (χ1v) is 5.28. The van der Waals surface area contributed by atoms with Crippen molar-refractivity contribution < 1.29 is 4.79 Å². The third-order valence-electron chi connectivity index (χ3n) is 1.81. The lowest BCUT2D eigenvalue weighted by Crippen LogP contribution is -2.12. The van der Waals surface area contributed by atoms with Crippen LogP contribution in [0.4, 0.5) is 5.82 Å². The van der Waals surface area contributed by atoms with E-state index < -0.39 is 0 Å². The third-order valence-corrected chi connectivity index (χ3v) is 2.64. The minimum Gasteiger partial charge on any atom is -0.311 e. The fourth-order valence-electron chi connectivity index (χ4n) is 0.999. The molecule has 78 valence electrons. The molecule has 1 amide bonds. The van der Waals surface area contributed by atoms with E-state index >= 15 is 0 Å². The molecule has 0 aliphatic heterocycles. The summed E-state index contributed by atoms with van der Waals surface area (Å²) in [6.07, 6.45) is 7.49. The number of rotatable bonds is 3. The van der Waals surface area contributed by atoms with Crippen LogP contribution in [0.25, 0.3) is 0 Å². The van der Waals surface area contributed by atoms with Crippen molar-refractivity contribution in [3.05, 3.63) is 22.3 Å². The number of aryl methyl sites for hydroxylation is 1. The van der Waals surface area contributed by atoms with Crippen LogP contribution in [-0.4, -0.2) is 10.9 Å². The molecular weight excluding hydrogens is 256 g/mol. The lowest BCUT2D eigenvalue weighted by Gasteiger charge is -2.04. The van der Waals surface area contributed by atoms with Crippen LogP contribution in [0.1, 0.15) is 18.4 Å². The highest BCUT2D eigenvalue weighted by Gasteiger charge is 2.03. The number of carbonyl (C=O) groups is 1. The molecule has 0 unspecified atom stereocenters. The summed E-state index contributed by atoms with van der Waals surface area (Å²) in [5, 5.41) is 2.68. The molecule has 15 heavy (non-hydrogen) atoms. The predicted molar refractivity (Wildman–Crippen MR) is 63.4 cm³/mol. The molecule has 0 bridgehead atoms. The molecule has 0 aromatic carbocycles. The van der Waals surface area contributed by atoms with Gasteiger partial charge in [-0.15, -0.1) is 12.3 Å². The number of pyridine rings is 1. The van der Waals surface area contributed by atoms with Crippen LogP contribution in [0, 0.1) is 19.3 Å². The molecule has 1 aromatic rings. The van der Waals surface area contributed by atoms with Gasteiger partial charge in [-0.05, 0) is 34.5 Å². The van der Waals surface area contributed by atoms with Crippen LogP contribution in [-0.2, 0) is 4.79 Å². The van der Waals surface area contributed by atoms with Crippen molar-refractivity contribution >= 4 is 27.7 Å². The van der Waals surface area contributed by atoms with Gasteiger partial charge in [0.2, 0.25) is 5.91 Å². The van der Waals surface area contributed by atoms with Gasteiger partial charge >= 0.3 is 0 Å². The van der Waals surface area contributed by atoms with Gasteiger partial charge in [0.05, 0.1) is 0 Å². The molecule has 4 heteroatoms. The zero-order chi connectivity index (χ0) is 11.3. The number of halogens is 1. The van der Waals surface area contributed by atoms with E-state index in [0.29, 0.717) is 18.7 Å². The standard InChI is InChI=1S/C11H11BrN2O/c1-3-4-5-11(15)14-10-6-8(2)9(12)7-13-10/h1,6-7H,4-5H2,2H3,(H,13,14,15). The van der Waals surface area contributed by atoms with Crippen LogP contribution in [0.5, 0.6) is 0 Å². The highest BCUT2D eigenvalue weighted by molar-refractivity contribution is 9.10. The largest absolute Gasteiger partial charge is 0.311 e. The first-order chi connectivity index (χ1) is 7.13. The molecule has 0 aliphatic carbocycles. The Morgan fingerprint density at radius 3 is 3.07 bits per heavy atom. The fourth-order valence-corrected chi connectivity index (χ4v) is 1.22. The van der Waals surface area contributed by atoms with Crippen molar-refractivity contribution in [2.75, 3.05) is 5.32 Å². The number of nitrogens with zero attached hydrogens (tertiary/aromatic N) is 1. The maximum Gasteiger partial charge on any atom is 0.226 e. The molecule has 1 aromatic heterocycles. The Morgan fingerprint density at radius 1 is 1.73 bits per heavy atom. The molecule has 1 rings (SSSR count). The van der Waals surface area contributed by atoms with E-state index in [9.17, 15) is 4.79 Å². The highest BCUT2D eigenvalue weighted by atomic mass is 79.9. The molecule has 0 aliphatic rings. The van der Waals surface area contributed by atoms with Crippen LogP contribution in [0.2, 0.25) is 0 Å². The predicted octanol–water partition coefficient (Wildman–Crippen LogP) is 2.50. The van der Waals surface area contributed by atoms with Crippen molar-refractivity contribution in [2.45, 2.75) is 19.8 Å². The Labute approximate surface area is 97.4 Å². The van der Waals surface area contributed by atoms with Gasteiger partial charge in [-0.25, -0.2) is 4.98 Å². The average molecular weight is 267 g/mol. The lowest BCUT2D eigenvalue weighted by atomic mass is 10.3. The van der Waals surface area contributed by atoms with Gasteiger partial charge in [-0.1, -0.05) is 0 Å². The third kappa shape index (κ3) is 3.72. The van der Waals surface area contributed by atoms with Crippen molar-refractivity contribution in [2.24, 2.45) is 0 Å². The summed E-state index contributed by atoms with van der Waals surface area (Å²) >= 11 is 3.34. The molecule has 3 nitrogen and oxygen atoms in total. The molecule has 0 atom stereocenters. The summed E-state index contributed by atoms with van der Waals surface area (Å²) in [6.45, 7) is 1.93. The van der Waals surface area contributed by atoms with E-state index in [0.717, 1.165) is 10.0 Å². The van der Waals surface area contributed by atoms with Crippen molar-refractivity contribution in [3.8, 4) is 12.3 Å². The van der Waals surface area contributed by atoms with Crippen LogP contribution in [0.3, 0.4) is 0 Å². The zero-order valence-corrected chi connectivity index (χ0v) is 9.97. The average Bonchev–Trinajstić information content (AvgIpc) is 2.20. The van der Waals surface area contributed by atoms with Crippen LogP contribution in [0.15, 0.2) is 16.7 Å². The van der Waals surface area contributed by atoms with Crippen LogP contribution >= 0.6 is 15.9 Å². The Bertz CT molecular complexity index is 410. The Kier molecular flexibility index (Phi) is 4.32. The summed E-state index contributed by atoms with van der Waals surface area (Å²) in [4.78, 5) is 15.4. The lowest BCUT2D eigenvalue weighted by molar-refractivity contribution is -0.116. The van der Waals surface area contributed by atoms with Gasteiger partial charge in [0, 0.05) is 23.5 Å². The minimum atomic E-state index is -0.109. The maximum absolute atomic E-state index is 11.3. The molecule has 1 heterocycles. The number of nitrogens with one attached hydrogen (secondary N) is 1. The molecule has 0 fully saturated rings. The summed E-state index contributed by atoms with van der Waals surface area (Å²) in [7, 11) is 0. The molecule has 0 spiro atoms. The number of hydrogen-bond acceptors (Lipinski definition) is 2. The Balaban J connectivity index is 2.62. The Hall–Kier alpha value is -1.34. The smallest absolute Gasteiger partial charge is 0.226 e. The number of anilines is 1. The number of carbonyl (C=O) groups excluding carboxylic acids is 1. The normalized spacial score (nSPS) is 9.40. The second-order valence-corrected chi connectivity index (χ2v) is 3.93. The fraction of sp³-hybridized carbons (Fsp3) is 0.273. The molecule has 0 saturated carbocycles. The zero-order valence-electron chi connectivity index (χ0n) is 8.38. The van der Waals surface area contributed by atoms with Gasteiger partial charge in [-0.2, -0.15) is 0 Å². The first-order valence-electron chi connectivity index (χ1n) is 4.49. The van der Waals surface area contributed by atoms with Gasteiger partial charge in [0.15, 0.2) is 0 Å². The SMILES string of the molecule is C#CCCC(=O)Nc1cc(C)c(Br)cn1. The quantitative estimate of drug-likeness (QED) is 0.855. The van der Waals surface area contributed by atoms with E-state index in [1.54, 1.807) is 12.3 Å². The summed E-state index contributed by atoms with van der Waals surface area (Å²) in [5.41, 5.74) is 1.03. The Morgan fingerprint density at radius 2 is 2.47 bits per heavy atom. The molecule has 0 radical (unpaired) electrons. The summed E-state index contributed by atoms with van der Waals surface area (Å²) < 4.78 is 0.920. The van der Waals surface area contributed by atoms with Gasteiger partial charge in [0.25, 0.3) is 0 Å². The van der Waals surface area contributed by atoms with E-state index in [4.69, 9.17) is 6.42 Å². The van der Waals surface area contributed by atoms with Gasteiger partial charge < -0.3 is 5.32 Å². The second kappa shape index (κ2) is 5.52. The van der Waals surface area contributed by atoms with Gasteiger partial charge in [0.1, 0.15) is 5.82 Å². The summed E-state index contributed by atoms with van der Waals surface area (Å²) in [5.74, 6) is 2.86. The number of aromatic nitrogens is 1. The second-order valence-electron chi connectivity index (χ2n) is 3.07. The highest BCUT2D eigenvalue weighted by Crippen LogP contribution is 2.17. The van der Waals surface area contributed by atoms with Gasteiger partial charge in [-0.3, -0.25) is 4.79 Å². The monoisotopic (exact) mass is 266 g/mol. The molecule has 0 saturated heterocycles. The number of amides is 1. The maximum atomic E-state index is 11.3. The van der Waals surface area contributed by atoms with Crippen LogP contribution < -0.4 is 5.32 Å². The molecular formula is C11H11BrN2O. The van der Waals surface area contributed by atoms with Crippen molar-refractivity contribution in [3.63, 3.8) is 0 Å². The van der Waals surface area contributed by atoms with Crippen molar-refractivity contribution in [1.82, 2.24) is 4.98 Å². The van der Waals surface area contributed by atoms with E-state index in [1.165, 1.54) is 0 Å². The number of hydrogen-bond donors (Lipinski definition) is 1. The molecule has 1 N–H and O–H groups in total. The minimum absolute atomic E-state index is 0.109. The van der Waals surface area contributed by atoms with Crippen molar-refractivity contribution in [1.29, 1.82) is 0 Å². The first kappa shape index (κ1) is 11.7. The van der Waals surface area contributed by atoms with E-state index in [1.807, 2.05) is 6.92 Å². The van der Waals surface area contributed by atoms with E-state index in [2.05, 4.69) is 32.2 Å². The number of terminal acetylenes is 1. The topological polar surface area (TPSA) is 42.0 Å². The summed E-state index contributed by atoms with van der Waals surface area (Å²) in [6, 6.07) is 1.80.